The number of fused-ring (bicyclic) bond motifs is 1. The van der Waals surface area contributed by atoms with Gasteiger partial charge in [-0.1, -0.05) is 19.4 Å². The molecule has 202 valence electrons. The molecule has 0 aliphatic carbocycles. The van der Waals surface area contributed by atoms with Crippen LogP contribution in [0, 0.1) is 0 Å². The summed E-state index contributed by atoms with van der Waals surface area (Å²) in [5, 5.41) is 11.4. The molecule has 2 saturated heterocycles. The van der Waals surface area contributed by atoms with Crippen molar-refractivity contribution >= 4 is 17.4 Å². The van der Waals surface area contributed by atoms with Gasteiger partial charge in [-0.15, -0.1) is 0 Å². The van der Waals surface area contributed by atoms with Gasteiger partial charge in [-0.2, -0.15) is 0 Å². The van der Waals surface area contributed by atoms with Crippen molar-refractivity contribution in [2.24, 2.45) is 0 Å². The summed E-state index contributed by atoms with van der Waals surface area (Å²) in [6.07, 6.45) is 4.31. The molecule has 1 atom stereocenters. The zero-order valence-corrected chi connectivity index (χ0v) is 21.9. The van der Waals surface area contributed by atoms with Crippen LogP contribution in [0.4, 0.5) is 0 Å². The van der Waals surface area contributed by atoms with E-state index in [9.17, 15) is 14.7 Å². The summed E-state index contributed by atoms with van der Waals surface area (Å²) in [5.41, 5.74) is 1.07. The largest absolute Gasteiger partial charge is 0.507 e. The van der Waals surface area contributed by atoms with Crippen LogP contribution < -0.4 is 18.9 Å². The normalized spacial score (nSPS) is 20.7. The Morgan fingerprint density at radius 2 is 1.79 bits per heavy atom. The number of carbonyl (C=O) groups is 2. The van der Waals surface area contributed by atoms with Crippen LogP contribution in [0.1, 0.15) is 49.8 Å². The van der Waals surface area contributed by atoms with Crippen molar-refractivity contribution in [3.05, 3.63) is 53.1 Å². The summed E-state index contributed by atoms with van der Waals surface area (Å²) in [6.45, 7) is 5.62. The van der Waals surface area contributed by atoms with Crippen LogP contribution in [0.3, 0.4) is 0 Å². The Balaban J connectivity index is 1.55. The molecule has 2 fully saturated rings. The molecule has 0 aromatic heterocycles. The van der Waals surface area contributed by atoms with E-state index in [2.05, 4.69) is 4.90 Å². The number of amides is 1. The topological polar surface area (TPSA) is 97.8 Å². The van der Waals surface area contributed by atoms with Crippen molar-refractivity contribution in [3.8, 4) is 23.0 Å². The minimum atomic E-state index is -0.778. The lowest BCUT2D eigenvalue weighted by molar-refractivity contribution is -0.140. The average molecular weight is 523 g/mol. The molecular weight excluding hydrogens is 488 g/mol. The molecule has 0 saturated carbocycles. The first kappa shape index (κ1) is 25.9. The SMILES string of the molecule is CCCOc1ccc(C2/C(=C(\O)c3ccc4c(c3)OCO4)C(=O)C(=O)N2CCN2CCCCC2)cc1OC. The van der Waals surface area contributed by atoms with Crippen LogP contribution in [-0.4, -0.2) is 73.3 Å². The summed E-state index contributed by atoms with van der Waals surface area (Å²) in [6, 6.07) is 9.57. The van der Waals surface area contributed by atoms with Crippen molar-refractivity contribution in [2.45, 2.75) is 38.6 Å². The van der Waals surface area contributed by atoms with E-state index >= 15 is 0 Å². The molecule has 0 radical (unpaired) electrons. The molecule has 1 unspecified atom stereocenters. The monoisotopic (exact) mass is 522 g/mol. The van der Waals surface area contributed by atoms with E-state index in [4.69, 9.17) is 18.9 Å². The van der Waals surface area contributed by atoms with Crippen LogP contribution >= 0.6 is 0 Å². The molecular formula is C29H34N2O7. The van der Waals surface area contributed by atoms with Gasteiger partial charge in [0, 0.05) is 18.7 Å². The van der Waals surface area contributed by atoms with Crippen molar-refractivity contribution in [1.82, 2.24) is 9.80 Å². The van der Waals surface area contributed by atoms with Crippen LogP contribution in [0.15, 0.2) is 42.0 Å². The number of likely N-dealkylation sites (tertiary alicyclic amines) is 2. The number of hydrogen-bond acceptors (Lipinski definition) is 8. The Kier molecular flexibility index (Phi) is 7.74. The third kappa shape index (κ3) is 5.03. The highest BCUT2D eigenvalue weighted by Gasteiger charge is 2.46. The van der Waals surface area contributed by atoms with E-state index < -0.39 is 17.7 Å². The lowest BCUT2D eigenvalue weighted by atomic mass is 9.94. The smallest absolute Gasteiger partial charge is 0.295 e. The minimum Gasteiger partial charge on any atom is -0.507 e. The number of aliphatic hydroxyl groups excluding tert-OH is 1. The first-order valence-electron chi connectivity index (χ1n) is 13.2. The van der Waals surface area contributed by atoms with E-state index in [1.807, 2.05) is 13.0 Å². The summed E-state index contributed by atoms with van der Waals surface area (Å²) >= 11 is 0. The molecule has 1 N–H and O–H groups in total. The summed E-state index contributed by atoms with van der Waals surface area (Å²) < 4.78 is 22.2. The van der Waals surface area contributed by atoms with Crippen LogP contribution in [-0.2, 0) is 9.59 Å². The van der Waals surface area contributed by atoms with Gasteiger partial charge in [-0.3, -0.25) is 9.59 Å². The number of hydrogen-bond donors (Lipinski definition) is 1. The van der Waals surface area contributed by atoms with Gasteiger partial charge in [-0.25, -0.2) is 0 Å². The van der Waals surface area contributed by atoms with Gasteiger partial charge in [0.15, 0.2) is 23.0 Å². The fourth-order valence-corrected chi connectivity index (χ4v) is 5.27. The Hall–Kier alpha value is -3.72. The average Bonchev–Trinajstić information content (AvgIpc) is 3.52. The molecule has 0 bridgehead atoms. The second kappa shape index (κ2) is 11.3. The zero-order chi connectivity index (χ0) is 26.6. The number of benzene rings is 2. The number of piperidine rings is 1. The number of rotatable bonds is 9. The highest BCUT2D eigenvalue weighted by Crippen LogP contribution is 2.43. The minimum absolute atomic E-state index is 0.0387. The van der Waals surface area contributed by atoms with E-state index in [1.54, 1.807) is 42.3 Å². The number of ether oxygens (including phenoxy) is 4. The first-order chi connectivity index (χ1) is 18.5. The molecule has 5 rings (SSSR count). The highest BCUT2D eigenvalue weighted by molar-refractivity contribution is 6.46. The van der Waals surface area contributed by atoms with Crippen LogP contribution in [0.2, 0.25) is 0 Å². The molecule has 3 aliphatic heterocycles. The van der Waals surface area contributed by atoms with Crippen molar-refractivity contribution in [1.29, 1.82) is 0 Å². The molecule has 38 heavy (non-hydrogen) atoms. The van der Waals surface area contributed by atoms with E-state index in [0.29, 0.717) is 53.8 Å². The third-order valence-corrected chi connectivity index (χ3v) is 7.26. The van der Waals surface area contributed by atoms with E-state index in [-0.39, 0.29) is 18.1 Å². The highest BCUT2D eigenvalue weighted by atomic mass is 16.7. The summed E-state index contributed by atoms with van der Waals surface area (Å²) in [5.74, 6) is 0.530. The van der Waals surface area contributed by atoms with E-state index in [1.165, 1.54) is 6.42 Å². The van der Waals surface area contributed by atoms with Gasteiger partial charge >= 0.3 is 0 Å². The summed E-state index contributed by atoms with van der Waals surface area (Å²) in [7, 11) is 1.55. The molecule has 3 heterocycles. The molecule has 0 spiro atoms. The number of aliphatic hydroxyl groups is 1. The lowest BCUT2D eigenvalue weighted by Crippen LogP contribution is -2.40. The zero-order valence-electron chi connectivity index (χ0n) is 21.9. The predicted octanol–water partition coefficient (Wildman–Crippen LogP) is 4.12. The van der Waals surface area contributed by atoms with E-state index in [0.717, 1.165) is 32.4 Å². The number of Topliss-reactive ketones (excluding diaryl/α,β-unsaturated/α-hetero) is 1. The lowest BCUT2D eigenvalue weighted by Gasteiger charge is -2.31. The Labute approximate surface area is 222 Å². The molecule has 9 nitrogen and oxygen atoms in total. The van der Waals surface area contributed by atoms with Gasteiger partial charge in [0.05, 0.1) is 25.3 Å². The maximum Gasteiger partial charge on any atom is 0.295 e. The molecule has 1 amide bonds. The van der Waals surface area contributed by atoms with Crippen molar-refractivity contribution < 1.29 is 33.6 Å². The van der Waals surface area contributed by atoms with Gasteiger partial charge < -0.3 is 33.9 Å². The van der Waals surface area contributed by atoms with Crippen molar-refractivity contribution in [2.75, 3.05) is 46.7 Å². The maximum atomic E-state index is 13.4. The van der Waals surface area contributed by atoms with Gasteiger partial charge in [0.2, 0.25) is 6.79 Å². The molecule has 3 aliphatic rings. The number of ketones is 1. The number of carbonyl (C=O) groups excluding carboxylic acids is 2. The molecule has 2 aromatic rings. The second-order valence-electron chi connectivity index (χ2n) is 9.72. The van der Waals surface area contributed by atoms with Gasteiger partial charge in [0.1, 0.15) is 5.76 Å². The van der Waals surface area contributed by atoms with Crippen molar-refractivity contribution in [3.63, 3.8) is 0 Å². The third-order valence-electron chi connectivity index (χ3n) is 7.26. The summed E-state index contributed by atoms with van der Waals surface area (Å²) in [4.78, 5) is 30.7. The number of methoxy groups -OCH3 is 1. The Bertz CT molecular complexity index is 1240. The molecule has 9 heteroatoms. The van der Waals surface area contributed by atoms with Crippen LogP contribution in [0.25, 0.3) is 5.76 Å². The standard InChI is InChI=1S/C29H34N2O7/c1-3-15-36-21-9-7-19(16-23(21)35-2)26-25(27(32)20-8-10-22-24(17-20)38-18-37-22)28(33)29(34)31(26)14-13-30-11-5-4-6-12-30/h7-10,16-17,26,32H,3-6,11-15,18H2,1-2H3/b27-25+. The Morgan fingerprint density at radius 3 is 2.55 bits per heavy atom. The Morgan fingerprint density at radius 1 is 1.00 bits per heavy atom. The van der Waals surface area contributed by atoms with Gasteiger partial charge in [-0.05, 0) is 68.2 Å². The predicted molar refractivity (Wildman–Crippen MR) is 141 cm³/mol. The second-order valence-corrected chi connectivity index (χ2v) is 9.72. The quantitative estimate of drug-likeness (QED) is 0.298. The maximum absolute atomic E-state index is 13.4. The number of nitrogens with zero attached hydrogens (tertiary/aromatic N) is 2. The van der Waals surface area contributed by atoms with Crippen LogP contribution in [0.5, 0.6) is 23.0 Å². The first-order valence-corrected chi connectivity index (χ1v) is 13.2. The fourth-order valence-electron chi connectivity index (χ4n) is 5.27. The fraction of sp³-hybridized carbons (Fsp3) is 0.448. The molecule has 2 aromatic carbocycles. The van der Waals surface area contributed by atoms with Gasteiger partial charge in [0.25, 0.3) is 11.7 Å².